The van der Waals surface area contributed by atoms with Gasteiger partial charge < -0.3 is 30.6 Å². The number of carboxylic acid groups (broad SMARTS) is 6. The fraction of sp³-hybridized carbons (Fsp3) is 0.200. The van der Waals surface area contributed by atoms with Crippen LogP contribution < -0.4 is 0 Å². The summed E-state index contributed by atoms with van der Waals surface area (Å²) in [5.74, 6) is -28.1. The molecule has 4 rings (SSSR count). The van der Waals surface area contributed by atoms with E-state index in [-0.39, 0.29) is 0 Å². The van der Waals surface area contributed by atoms with Crippen LogP contribution >= 0.6 is 0 Å². The number of benzene rings is 1. The number of allylic oxidation sites excluding steroid dienone is 2. The molecule has 0 aliphatic heterocycles. The third kappa shape index (κ3) is 4.20. The molecule has 0 radical (unpaired) electrons. The second kappa shape index (κ2) is 11.6. The van der Waals surface area contributed by atoms with E-state index in [1.807, 2.05) is 0 Å². The molecule has 234 valence electrons. The van der Waals surface area contributed by atoms with Crippen LogP contribution in [0.4, 0.5) is 0 Å². The van der Waals surface area contributed by atoms with Crippen LogP contribution in [-0.2, 0) is 28.8 Å². The molecule has 0 spiro atoms. The number of carboxylic acids is 6. The summed E-state index contributed by atoms with van der Waals surface area (Å²) in [6.07, 6.45) is 0. The molecular weight excluding hydrogens is 636 g/mol. The van der Waals surface area contributed by atoms with E-state index in [0.717, 1.165) is 0 Å². The lowest BCUT2D eigenvalue weighted by atomic mass is 9.80. The van der Waals surface area contributed by atoms with E-state index in [2.05, 4.69) is 9.69 Å². The third-order valence-corrected chi connectivity index (χ3v) is 8.32. The zero-order valence-electron chi connectivity index (χ0n) is 23.3. The lowest BCUT2D eigenvalue weighted by molar-refractivity contribution is -0.140. The van der Waals surface area contributed by atoms with Gasteiger partial charge in [0.05, 0.1) is 5.57 Å². The van der Waals surface area contributed by atoms with E-state index in [4.69, 9.17) is 13.1 Å². The van der Waals surface area contributed by atoms with Gasteiger partial charge in [0.1, 0.15) is 84.1 Å². The van der Waals surface area contributed by atoms with Gasteiger partial charge in [0, 0.05) is 0 Å². The first-order valence-corrected chi connectivity index (χ1v) is 12.8. The zero-order chi connectivity index (χ0) is 36.1. The van der Waals surface area contributed by atoms with Crippen LogP contribution in [-0.4, -0.2) is 66.5 Å². The monoisotopic (exact) mass is 648 g/mol. The molecule has 0 saturated carbocycles. The molecule has 6 atom stereocenters. The molecule has 0 fully saturated rings. The van der Waals surface area contributed by atoms with Crippen LogP contribution in [0.5, 0.6) is 0 Å². The fourth-order valence-electron chi connectivity index (χ4n) is 7.01. The average Bonchev–Trinajstić information content (AvgIpc) is 3.66. The Balaban J connectivity index is 2.60. The Hall–Kier alpha value is -7.80. The van der Waals surface area contributed by atoms with Gasteiger partial charge in [-0.25, -0.2) is 0 Å². The van der Waals surface area contributed by atoms with E-state index < -0.39 is 138 Å². The summed E-state index contributed by atoms with van der Waals surface area (Å²) >= 11 is 0. The minimum Gasteiger partial charge on any atom is -0.481 e. The van der Waals surface area contributed by atoms with Gasteiger partial charge >= 0.3 is 41.6 Å². The maximum atomic E-state index is 12.9. The number of hydrogen-bond donors (Lipinski definition) is 6. The molecule has 6 unspecified atom stereocenters. The predicted molar refractivity (Wildman–Crippen MR) is 145 cm³/mol. The van der Waals surface area contributed by atoms with Crippen LogP contribution in [0.3, 0.4) is 0 Å². The Bertz CT molecular complexity index is 1810. The number of nitriles is 4. The fourth-order valence-corrected chi connectivity index (χ4v) is 7.01. The van der Waals surface area contributed by atoms with Crippen molar-refractivity contribution < 1.29 is 59.4 Å². The quantitative estimate of drug-likeness (QED) is 0.188. The van der Waals surface area contributed by atoms with Crippen molar-refractivity contribution in [1.29, 1.82) is 21.0 Å². The molecule has 18 nitrogen and oxygen atoms in total. The Morgan fingerprint density at radius 1 is 0.438 bits per heavy atom. The summed E-state index contributed by atoms with van der Waals surface area (Å²) in [5, 5.41) is 101. The van der Waals surface area contributed by atoms with Crippen molar-refractivity contribution in [2.45, 2.75) is 35.5 Å². The highest BCUT2D eigenvalue weighted by atomic mass is 16.4. The standard InChI is InChI=1S/C30H12N6O12/c1-35-24(36-2)17-22(29(45)46)15-13-11(18(25(37)38)9(7(3-31)4-32)20(13)27(41)42)12-14(16(15)23(17)30(47)48)21(28(43)44)10(8(5-33)6-34)19(12)26(39)40/h18-23H,(H,37,38)(H,39,40)(H,41,42)(H,43,44)(H,45,46)(H,47,48). The molecule has 0 amide bonds. The van der Waals surface area contributed by atoms with Gasteiger partial charge in [0.15, 0.2) is 0 Å². The Morgan fingerprint density at radius 2 is 0.625 bits per heavy atom. The first kappa shape index (κ1) is 33.1. The molecule has 6 N–H and O–H groups in total. The van der Waals surface area contributed by atoms with E-state index in [9.17, 15) is 80.5 Å². The van der Waals surface area contributed by atoms with Gasteiger partial charge in [-0.2, -0.15) is 30.7 Å². The van der Waals surface area contributed by atoms with E-state index >= 15 is 0 Å². The van der Waals surface area contributed by atoms with Gasteiger partial charge in [-0.1, -0.05) is 0 Å². The van der Waals surface area contributed by atoms with Crippen molar-refractivity contribution in [3.8, 4) is 24.3 Å². The van der Waals surface area contributed by atoms with Crippen molar-refractivity contribution in [3.05, 3.63) is 89.9 Å². The van der Waals surface area contributed by atoms with E-state index in [1.165, 1.54) is 24.3 Å². The molecule has 1 aromatic carbocycles. The summed E-state index contributed by atoms with van der Waals surface area (Å²) in [6.45, 7) is 14.9. The van der Waals surface area contributed by atoms with Crippen molar-refractivity contribution >= 4 is 35.8 Å². The maximum absolute atomic E-state index is 12.9. The van der Waals surface area contributed by atoms with Crippen LogP contribution in [0.15, 0.2) is 33.7 Å². The normalized spacial score (nSPS) is 22.5. The van der Waals surface area contributed by atoms with Crippen molar-refractivity contribution in [1.82, 2.24) is 0 Å². The Kier molecular flexibility index (Phi) is 8.00. The summed E-state index contributed by atoms with van der Waals surface area (Å²) in [4.78, 5) is 83.4. The molecule has 3 aliphatic rings. The lowest BCUT2D eigenvalue weighted by Crippen LogP contribution is -2.19. The molecule has 0 saturated heterocycles. The largest absolute Gasteiger partial charge is 0.520 e. The van der Waals surface area contributed by atoms with Crippen LogP contribution in [0, 0.1) is 58.5 Å². The highest BCUT2D eigenvalue weighted by molar-refractivity contribution is 6.04. The second-order valence-electron chi connectivity index (χ2n) is 10.2. The molecule has 1 aromatic rings. The molecule has 48 heavy (non-hydrogen) atoms. The van der Waals surface area contributed by atoms with Gasteiger partial charge in [0.2, 0.25) is 0 Å². The highest BCUT2D eigenvalue weighted by Crippen LogP contribution is 2.65. The molecule has 18 heteroatoms. The molecule has 3 aliphatic carbocycles. The van der Waals surface area contributed by atoms with Gasteiger partial charge in [0.25, 0.3) is 0 Å². The smallest absolute Gasteiger partial charge is 0.481 e. The minimum atomic E-state index is -2.47. The van der Waals surface area contributed by atoms with E-state index in [0.29, 0.717) is 0 Å². The van der Waals surface area contributed by atoms with Crippen molar-refractivity contribution in [2.75, 3.05) is 0 Å². The number of carbonyl (C=O) groups is 6. The third-order valence-electron chi connectivity index (χ3n) is 8.32. The average molecular weight is 648 g/mol. The Labute approximate surface area is 266 Å². The molecular formula is C30H12N6O12. The first-order valence-electron chi connectivity index (χ1n) is 12.8. The topological polar surface area (TPSA) is 328 Å². The maximum Gasteiger partial charge on any atom is 0.520 e. The molecule has 0 heterocycles. The summed E-state index contributed by atoms with van der Waals surface area (Å²) in [6, 6.07) is 5.33. The van der Waals surface area contributed by atoms with Gasteiger partial charge in [-0.05, 0) is 44.5 Å². The summed E-state index contributed by atoms with van der Waals surface area (Å²) < 4.78 is 0. The van der Waals surface area contributed by atoms with Gasteiger partial charge in [-0.15, -0.1) is 0 Å². The zero-order valence-corrected chi connectivity index (χ0v) is 23.3. The van der Waals surface area contributed by atoms with E-state index in [1.54, 1.807) is 0 Å². The molecule has 0 bridgehead atoms. The van der Waals surface area contributed by atoms with Crippen LogP contribution in [0.2, 0.25) is 0 Å². The number of fused-ring (bicyclic) bond motifs is 6. The van der Waals surface area contributed by atoms with Crippen molar-refractivity contribution in [3.63, 3.8) is 0 Å². The highest BCUT2D eigenvalue weighted by Gasteiger charge is 2.62. The Morgan fingerprint density at radius 3 is 0.771 bits per heavy atom. The number of hydrogen-bond acceptors (Lipinski definition) is 10. The van der Waals surface area contributed by atoms with Gasteiger partial charge in [-0.3, -0.25) is 28.8 Å². The minimum absolute atomic E-state index is 0.917. The summed E-state index contributed by atoms with van der Waals surface area (Å²) in [5.41, 5.74) is -10.8. The van der Waals surface area contributed by atoms with Crippen molar-refractivity contribution in [2.24, 2.45) is 0 Å². The first-order chi connectivity index (χ1) is 22.6. The number of nitrogens with zero attached hydrogens (tertiary/aromatic N) is 6. The number of rotatable bonds is 6. The predicted octanol–water partition coefficient (Wildman–Crippen LogP) is 1.47. The second-order valence-corrected chi connectivity index (χ2v) is 10.2. The summed E-state index contributed by atoms with van der Waals surface area (Å²) in [7, 11) is 0. The van der Waals surface area contributed by atoms with Crippen LogP contribution in [0.1, 0.15) is 68.9 Å². The lowest BCUT2D eigenvalue weighted by Gasteiger charge is -2.22. The van der Waals surface area contributed by atoms with Crippen LogP contribution in [0.25, 0.3) is 9.69 Å². The SMILES string of the molecule is [C-]#[N+]C([N+]#[C-])=C1C(C(=O)O)c2c3c(c4c(c2C1C(=O)O)C(C(=O)O)C(=C(C#N)C#N)C4C(=O)O)C(C(=O)O)C(=C(C#N)C#N)C3C(=O)O. The number of aliphatic carboxylic acids is 6. The molecule has 0 aromatic heterocycles.